The van der Waals surface area contributed by atoms with Gasteiger partial charge < -0.3 is 14.4 Å². The molecule has 0 aromatic heterocycles. The third-order valence-corrected chi connectivity index (χ3v) is 5.73. The smallest absolute Gasteiger partial charge is 0.122 e. The Bertz CT molecular complexity index is 543. The molecular weight excluding hydrogens is 298 g/mol. The molecule has 0 amide bonds. The highest BCUT2D eigenvalue weighted by atomic mass is 16.5. The van der Waals surface area contributed by atoms with E-state index in [-0.39, 0.29) is 0 Å². The fourth-order valence-corrected chi connectivity index (χ4v) is 4.77. The zero-order valence-corrected chi connectivity index (χ0v) is 15.8. The molecule has 2 unspecified atom stereocenters. The van der Waals surface area contributed by atoms with Crippen LogP contribution in [-0.4, -0.2) is 44.9 Å². The first-order valence-corrected chi connectivity index (χ1v) is 9.55. The summed E-state index contributed by atoms with van der Waals surface area (Å²) in [5.74, 6) is 2.50. The van der Waals surface area contributed by atoms with E-state index in [4.69, 9.17) is 9.47 Å². The molecule has 3 heteroatoms. The summed E-state index contributed by atoms with van der Waals surface area (Å²) >= 11 is 0. The predicted molar refractivity (Wildman–Crippen MR) is 98.7 cm³/mol. The summed E-state index contributed by atoms with van der Waals surface area (Å²) in [7, 11) is 6.08. The Hall–Kier alpha value is -1.06. The second kappa shape index (κ2) is 7.88. The minimum absolute atomic E-state index is 0.348. The molecule has 24 heavy (non-hydrogen) atoms. The van der Waals surface area contributed by atoms with Gasteiger partial charge in [-0.2, -0.15) is 0 Å². The molecule has 2 aliphatic rings. The van der Waals surface area contributed by atoms with E-state index in [9.17, 15) is 0 Å². The second-order valence-electron chi connectivity index (χ2n) is 7.95. The van der Waals surface area contributed by atoms with Crippen molar-refractivity contribution in [3.8, 4) is 5.75 Å². The van der Waals surface area contributed by atoms with E-state index in [1.54, 1.807) is 7.11 Å². The van der Waals surface area contributed by atoms with Crippen molar-refractivity contribution in [2.75, 3.05) is 27.7 Å². The summed E-state index contributed by atoms with van der Waals surface area (Å²) in [6, 6.07) is 6.51. The van der Waals surface area contributed by atoms with Crippen LogP contribution in [0.2, 0.25) is 0 Å². The van der Waals surface area contributed by atoms with Crippen LogP contribution in [0.5, 0.6) is 5.75 Å². The van der Waals surface area contributed by atoms with Crippen molar-refractivity contribution in [2.45, 2.75) is 57.7 Å². The Labute approximate surface area is 147 Å². The maximum atomic E-state index is 6.66. The minimum Gasteiger partial charge on any atom is -0.496 e. The van der Waals surface area contributed by atoms with Crippen LogP contribution in [0, 0.1) is 11.8 Å². The third-order valence-electron chi connectivity index (χ3n) is 5.73. The minimum atomic E-state index is 0.348. The van der Waals surface area contributed by atoms with E-state index in [0.717, 1.165) is 31.1 Å². The molecule has 0 radical (unpaired) electrons. The summed E-state index contributed by atoms with van der Waals surface area (Å²) in [6.45, 7) is 3.34. The zero-order chi connectivity index (χ0) is 17.1. The van der Waals surface area contributed by atoms with Gasteiger partial charge in [-0.25, -0.2) is 0 Å². The highest BCUT2D eigenvalue weighted by Gasteiger charge is 2.37. The molecular formula is C21H33NO2. The van der Waals surface area contributed by atoms with Crippen LogP contribution >= 0.6 is 0 Å². The fraction of sp³-hybridized carbons (Fsp3) is 0.714. The van der Waals surface area contributed by atoms with Crippen molar-refractivity contribution in [1.82, 2.24) is 4.90 Å². The van der Waals surface area contributed by atoms with Gasteiger partial charge in [0, 0.05) is 13.0 Å². The number of nitrogens with zero attached hydrogens (tertiary/aromatic N) is 1. The Kier molecular flexibility index (Phi) is 5.83. The van der Waals surface area contributed by atoms with Gasteiger partial charge in [0.05, 0.1) is 19.3 Å². The lowest BCUT2D eigenvalue weighted by Crippen LogP contribution is -2.37. The van der Waals surface area contributed by atoms with Crippen LogP contribution in [0.15, 0.2) is 18.2 Å². The van der Waals surface area contributed by atoms with Gasteiger partial charge in [-0.3, -0.25) is 0 Å². The SMILES string of the molecule is CCCC1CC2Cc3cccc(OC)c3C[C@H]2O[C@@H](CN(C)C)C1. The number of ether oxygens (including phenoxy) is 2. The number of benzene rings is 1. The topological polar surface area (TPSA) is 21.7 Å². The zero-order valence-electron chi connectivity index (χ0n) is 15.8. The van der Waals surface area contributed by atoms with Crippen molar-refractivity contribution >= 4 is 0 Å². The molecule has 1 saturated heterocycles. The van der Waals surface area contributed by atoms with Crippen LogP contribution in [0.3, 0.4) is 0 Å². The largest absolute Gasteiger partial charge is 0.496 e. The third kappa shape index (κ3) is 3.94. The predicted octanol–water partition coefficient (Wildman–Crippen LogP) is 3.94. The molecule has 1 aromatic rings. The number of methoxy groups -OCH3 is 1. The van der Waals surface area contributed by atoms with Crippen molar-refractivity contribution in [3.63, 3.8) is 0 Å². The summed E-state index contributed by atoms with van der Waals surface area (Å²) in [6.07, 6.45) is 8.01. The Balaban J connectivity index is 1.83. The lowest BCUT2D eigenvalue weighted by molar-refractivity contribution is -0.0443. The lowest BCUT2D eigenvalue weighted by Gasteiger charge is -2.34. The number of fused-ring (bicyclic) bond motifs is 2. The molecule has 0 N–H and O–H groups in total. The van der Waals surface area contributed by atoms with Crippen molar-refractivity contribution in [3.05, 3.63) is 29.3 Å². The highest BCUT2D eigenvalue weighted by Crippen LogP contribution is 2.40. The second-order valence-corrected chi connectivity index (χ2v) is 7.95. The van der Waals surface area contributed by atoms with Gasteiger partial charge in [-0.05, 0) is 62.4 Å². The molecule has 1 aromatic carbocycles. The average molecular weight is 332 g/mol. The standard InChI is InChI=1S/C21H33NO2/c1-5-7-15-10-17-12-16-8-6-9-20(23-4)19(16)13-21(17)24-18(11-15)14-22(2)3/h6,8-9,15,17-18,21H,5,7,10-14H2,1-4H3/t15?,17?,18-,21-/m1/s1. The molecule has 1 aliphatic heterocycles. The molecule has 1 aliphatic carbocycles. The molecule has 3 nitrogen and oxygen atoms in total. The van der Waals surface area contributed by atoms with Crippen molar-refractivity contribution < 1.29 is 9.47 Å². The normalized spacial score (nSPS) is 29.7. The first-order chi connectivity index (χ1) is 11.6. The van der Waals surface area contributed by atoms with E-state index < -0.39 is 0 Å². The maximum absolute atomic E-state index is 6.66. The van der Waals surface area contributed by atoms with E-state index >= 15 is 0 Å². The number of likely N-dealkylation sites (N-methyl/N-ethyl adjacent to an activating group) is 1. The molecule has 0 saturated carbocycles. The molecule has 1 fully saturated rings. The Morgan fingerprint density at radius 1 is 1.21 bits per heavy atom. The molecule has 4 atom stereocenters. The molecule has 1 heterocycles. The number of rotatable bonds is 5. The molecule has 0 spiro atoms. The van der Waals surface area contributed by atoms with Gasteiger partial charge in [0.25, 0.3) is 0 Å². The lowest BCUT2D eigenvalue weighted by atomic mass is 9.76. The van der Waals surface area contributed by atoms with Crippen molar-refractivity contribution in [1.29, 1.82) is 0 Å². The summed E-state index contributed by atoms with van der Waals surface area (Å²) < 4.78 is 12.3. The van der Waals surface area contributed by atoms with Gasteiger partial charge in [0.2, 0.25) is 0 Å². The first kappa shape index (κ1) is 17.8. The van der Waals surface area contributed by atoms with Crippen molar-refractivity contribution in [2.24, 2.45) is 11.8 Å². The summed E-state index contributed by atoms with van der Waals surface area (Å²) in [4.78, 5) is 2.27. The number of hydrogen-bond donors (Lipinski definition) is 0. The van der Waals surface area contributed by atoms with Gasteiger partial charge in [-0.1, -0.05) is 31.9 Å². The van der Waals surface area contributed by atoms with Gasteiger partial charge in [-0.15, -0.1) is 0 Å². The Morgan fingerprint density at radius 3 is 2.75 bits per heavy atom. The monoisotopic (exact) mass is 331 g/mol. The van der Waals surface area contributed by atoms with E-state index in [2.05, 4.69) is 44.1 Å². The first-order valence-electron chi connectivity index (χ1n) is 9.55. The maximum Gasteiger partial charge on any atom is 0.122 e. The number of hydrogen-bond acceptors (Lipinski definition) is 3. The van der Waals surface area contributed by atoms with Crippen LogP contribution in [0.1, 0.15) is 43.7 Å². The van der Waals surface area contributed by atoms with Crippen LogP contribution < -0.4 is 4.74 Å². The molecule has 0 bridgehead atoms. The average Bonchev–Trinajstić information content (AvgIpc) is 2.69. The van der Waals surface area contributed by atoms with E-state index in [1.807, 2.05) is 0 Å². The van der Waals surface area contributed by atoms with Gasteiger partial charge in [0.1, 0.15) is 5.75 Å². The van der Waals surface area contributed by atoms with Gasteiger partial charge >= 0.3 is 0 Å². The molecule has 134 valence electrons. The van der Waals surface area contributed by atoms with E-state index in [0.29, 0.717) is 18.1 Å². The quantitative estimate of drug-likeness (QED) is 0.816. The van der Waals surface area contributed by atoms with Crippen LogP contribution in [0.25, 0.3) is 0 Å². The molecule has 3 rings (SSSR count). The van der Waals surface area contributed by atoms with Crippen LogP contribution in [0.4, 0.5) is 0 Å². The highest BCUT2D eigenvalue weighted by molar-refractivity contribution is 5.42. The van der Waals surface area contributed by atoms with Crippen LogP contribution in [-0.2, 0) is 17.6 Å². The van der Waals surface area contributed by atoms with Gasteiger partial charge in [0.15, 0.2) is 0 Å². The van der Waals surface area contributed by atoms with E-state index in [1.165, 1.54) is 36.8 Å². The summed E-state index contributed by atoms with van der Waals surface area (Å²) in [5, 5.41) is 0. The Morgan fingerprint density at radius 2 is 2.04 bits per heavy atom. The fourth-order valence-electron chi connectivity index (χ4n) is 4.77. The summed E-state index contributed by atoms with van der Waals surface area (Å²) in [5.41, 5.74) is 2.85.